The summed E-state index contributed by atoms with van der Waals surface area (Å²) in [6.07, 6.45) is 0.508. The van der Waals surface area contributed by atoms with Gasteiger partial charge in [-0.1, -0.05) is 12.1 Å². The van der Waals surface area contributed by atoms with Crippen LogP contribution in [0.25, 0.3) is 5.65 Å². The van der Waals surface area contributed by atoms with Crippen LogP contribution in [0.4, 0.5) is 24.7 Å². The second-order valence-electron chi connectivity index (χ2n) is 7.88. The van der Waals surface area contributed by atoms with Gasteiger partial charge in [0.25, 0.3) is 5.91 Å². The zero-order chi connectivity index (χ0) is 22.9. The predicted molar refractivity (Wildman–Crippen MR) is 116 cm³/mol. The molecule has 1 aliphatic carbocycles. The van der Waals surface area contributed by atoms with E-state index < -0.39 is 11.9 Å². The number of nitrogens with one attached hydrogen (secondary N) is 3. The summed E-state index contributed by atoms with van der Waals surface area (Å²) >= 11 is 0. The predicted octanol–water partition coefficient (Wildman–Crippen LogP) is 4.09. The molecule has 0 unspecified atom stereocenters. The van der Waals surface area contributed by atoms with E-state index >= 15 is 0 Å². The Morgan fingerprint density at radius 1 is 1.12 bits per heavy atom. The summed E-state index contributed by atoms with van der Waals surface area (Å²) in [5.41, 5.74) is 6.29. The molecule has 5 N–H and O–H groups in total. The standard InChI is InChI=1S/C22H23F3N6O/c23-22(24,25)18-12-31-19(5-2-6-20(31)30-18)28-13-7-9-14(10-8-13)29-21(32)15-3-1-4-17(27)16(15)11-26/h1-6,11-14,26,28H,7-10,27H2,(H,29,32). The van der Waals surface area contributed by atoms with E-state index in [0.29, 0.717) is 22.6 Å². The van der Waals surface area contributed by atoms with Crippen LogP contribution in [-0.4, -0.2) is 33.6 Å². The van der Waals surface area contributed by atoms with E-state index in [-0.39, 0.29) is 23.6 Å². The number of nitrogens with two attached hydrogens (primary N) is 1. The molecular weight excluding hydrogens is 421 g/mol. The molecule has 2 heterocycles. The molecule has 1 fully saturated rings. The molecule has 3 aromatic rings. The van der Waals surface area contributed by atoms with Gasteiger partial charge in [-0.25, -0.2) is 4.98 Å². The molecule has 1 aromatic carbocycles. The van der Waals surface area contributed by atoms with Crippen LogP contribution in [0.2, 0.25) is 0 Å². The average Bonchev–Trinajstić information content (AvgIpc) is 3.21. The number of hydrogen-bond acceptors (Lipinski definition) is 5. The number of nitrogen functional groups attached to an aromatic ring is 1. The van der Waals surface area contributed by atoms with Gasteiger partial charge in [-0.3, -0.25) is 9.20 Å². The first-order valence-corrected chi connectivity index (χ1v) is 10.3. The highest BCUT2D eigenvalue weighted by Crippen LogP contribution is 2.30. The smallest absolute Gasteiger partial charge is 0.398 e. The van der Waals surface area contributed by atoms with Crippen molar-refractivity contribution < 1.29 is 18.0 Å². The molecule has 0 saturated heterocycles. The molecule has 0 radical (unpaired) electrons. The Morgan fingerprint density at radius 2 is 1.81 bits per heavy atom. The highest BCUT2D eigenvalue weighted by atomic mass is 19.4. The molecule has 2 aromatic heterocycles. The zero-order valence-corrected chi connectivity index (χ0v) is 17.1. The Balaban J connectivity index is 1.39. The van der Waals surface area contributed by atoms with Crippen LogP contribution in [0.15, 0.2) is 42.6 Å². The van der Waals surface area contributed by atoms with E-state index in [1.165, 1.54) is 10.5 Å². The fourth-order valence-corrected chi connectivity index (χ4v) is 4.06. The van der Waals surface area contributed by atoms with E-state index in [0.717, 1.165) is 38.1 Å². The molecule has 0 bridgehead atoms. The number of anilines is 2. The number of aromatic nitrogens is 2. The number of carbonyl (C=O) groups excluding carboxylic acids is 1. The lowest BCUT2D eigenvalue weighted by molar-refractivity contribution is -0.140. The van der Waals surface area contributed by atoms with Crippen molar-refractivity contribution in [2.45, 2.75) is 43.9 Å². The molecule has 32 heavy (non-hydrogen) atoms. The van der Waals surface area contributed by atoms with E-state index in [2.05, 4.69) is 15.6 Å². The zero-order valence-electron chi connectivity index (χ0n) is 17.1. The molecule has 168 valence electrons. The number of hydrogen-bond donors (Lipinski definition) is 4. The molecule has 7 nitrogen and oxygen atoms in total. The highest BCUT2D eigenvalue weighted by Gasteiger charge is 2.34. The van der Waals surface area contributed by atoms with Gasteiger partial charge in [0.2, 0.25) is 0 Å². The molecule has 1 amide bonds. The Bertz CT molecular complexity index is 1150. The molecule has 0 spiro atoms. The van der Waals surface area contributed by atoms with Gasteiger partial charge in [0, 0.05) is 35.7 Å². The third-order valence-electron chi connectivity index (χ3n) is 5.73. The van der Waals surface area contributed by atoms with Crippen molar-refractivity contribution in [2.24, 2.45) is 0 Å². The number of amides is 1. The first kappa shape index (κ1) is 21.7. The number of rotatable bonds is 5. The quantitative estimate of drug-likeness (QED) is 0.351. The van der Waals surface area contributed by atoms with Crippen molar-refractivity contribution in [2.75, 3.05) is 11.1 Å². The Kier molecular flexibility index (Phi) is 5.77. The topological polar surface area (TPSA) is 108 Å². The molecule has 0 atom stereocenters. The van der Waals surface area contributed by atoms with E-state index in [1.54, 1.807) is 30.3 Å². The summed E-state index contributed by atoms with van der Waals surface area (Å²) in [7, 11) is 0. The highest BCUT2D eigenvalue weighted by molar-refractivity contribution is 6.04. The minimum Gasteiger partial charge on any atom is -0.398 e. The van der Waals surface area contributed by atoms with Crippen molar-refractivity contribution >= 4 is 29.3 Å². The van der Waals surface area contributed by atoms with Crippen molar-refractivity contribution in [1.29, 1.82) is 5.41 Å². The fourth-order valence-electron chi connectivity index (χ4n) is 4.06. The van der Waals surface area contributed by atoms with Crippen LogP contribution >= 0.6 is 0 Å². The van der Waals surface area contributed by atoms with Gasteiger partial charge in [-0.15, -0.1) is 0 Å². The molecule has 4 rings (SSSR count). The summed E-state index contributed by atoms with van der Waals surface area (Å²) in [6, 6.07) is 9.93. The van der Waals surface area contributed by atoms with Crippen molar-refractivity contribution in [3.63, 3.8) is 0 Å². The summed E-state index contributed by atoms with van der Waals surface area (Å²) in [5.74, 6) is 0.281. The largest absolute Gasteiger partial charge is 0.434 e. The van der Waals surface area contributed by atoms with Crippen LogP contribution < -0.4 is 16.4 Å². The third kappa shape index (κ3) is 4.39. The third-order valence-corrected chi connectivity index (χ3v) is 5.73. The fraction of sp³-hybridized carbons (Fsp3) is 0.318. The summed E-state index contributed by atoms with van der Waals surface area (Å²) in [6.45, 7) is 0. The maximum atomic E-state index is 13.0. The lowest BCUT2D eigenvalue weighted by atomic mass is 9.90. The number of benzene rings is 1. The van der Waals surface area contributed by atoms with E-state index in [4.69, 9.17) is 11.1 Å². The number of halogens is 3. The summed E-state index contributed by atoms with van der Waals surface area (Å²) in [5, 5.41) is 13.8. The van der Waals surface area contributed by atoms with Crippen LogP contribution in [0.1, 0.15) is 47.3 Å². The Labute approximate surface area is 182 Å². The lowest BCUT2D eigenvalue weighted by Crippen LogP contribution is -2.40. The molecule has 0 aliphatic heterocycles. The molecular formula is C22H23F3N6O. The Morgan fingerprint density at radius 3 is 2.50 bits per heavy atom. The van der Waals surface area contributed by atoms with E-state index in [1.807, 2.05) is 0 Å². The van der Waals surface area contributed by atoms with E-state index in [9.17, 15) is 18.0 Å². The normalized spacial score (nSPS) is 19.0. The molecule has 1 aliphatic rings. The van der Waals surface area contributed by atoms with Gasteiger partial charge in [-0.05, 0) is 49.9 Å². The minimum absolute atomic E-state index is 0.0265. The van der Waals surface area contributed by atoms with Crippen LogP contribution in [0.3, 0.4) is 0 Å². The maximum Gasteiger partial charge on any atom is 0.434 e. The first-order chi connectivity index (χ1) is 15.3. The SMILES string of the molecule is N=Cc1c(N)cccc1C(=O)NC1CCC(Nc2cccc3nc(C(F)(F)F)cn23)CC1. The molecule has 1 saturated carbocycles. The first-order valence-electron chi connectivity index (χ1n) is 10.3. The van der Waals surface area contributed by atoms with Gasteiger partial charge in [0.15, 0.2) is 5.69 Å². The molecule has 10 heteroatoms. The maximum absolute atomic E-state index is 13.0. The van der Waals surface area contributed by atoms with Crippen LogP contribution in [-0.2, 0) is 6.18 Å². The number of pyridine rings is 1. The van der Waals surface area contributed by atoms with Gasteiger partial charge in [-0.2, -0.15) is 13.2 Å². The van der Waals surface area contributed by atoms with Gasteiger partial charge >= 0.3 is 6.18 Å². The van der Waals surface area contributed by atoms with Gasteiger partial charge in [0.1, 0.15) is 11.5 Å². The van der Waals surface area contributed by atoms with Crippen molar-refractivity contribution in [3.05, 3.63) is 59.4 Å². The number of carbonyl (C=O) groups is 1. The van der Waals surface area contributed by atoms with Crippen molar-refractivity contribution in [3.8, 4) is 0 Å². The van der Waals surface area contributed by atoms with Crippen LogP contribution in [0.5, 0.6) is 0 Å². The number of alkyl halides is 3. The number of nitrogens with zero attached hydrogens (tertiary/aromatic N) is 2. The summed E-state index contributed by atoms with van der Waals surface area (Å²) < 4.78 is 40.4. The second kappa shape index (κ2) is 8.52. The lowest BCUT2D eigenvalue weighted by Gasteiger charge is -2.30. The minimum atomic E-state index is -4.50. The average molecular weight is 444 g/mol. The summed E-state index contributed by atoms with van der Waals surface area (Å²) in [4.78, 5) is 16.3. The van der Waals surface area contributed by atoms with Gasteiger partial charge < -0.3 is 21.8 Å². The Hall–Kier alpha value is -3.56. The number of fused-ring (bicyclic) bond motifs is 1. The number of imidazole rings is 1. The van der Waals surface area contributed by atoms with Gasteiger partial charge in [0.05, 0.1) is 5.56 Å². The van der Waals surface area contributed by atoms with Crippen LogP contribution in [0, 0.1) is 5.41 Å². The second-order valence-corrected chi connectivity index (χ2v) is 7.88. The monoisotopic (exact) mass is 444 g/mol. The van der Waals surface area contributed by atoms with Crippen molar-refractivity contribution in [1.82, 2.24) is 14.7 Å².